The summed E-state index contributed by atoms with van der Waals surface area (Å²) in [4.78, 5) is 14.9. The molecule has 1 aromatic carbocycles. The molecule has 5 rings (SSSR count). The molecule has 1 spiro atoms. The zero-order valence-corrected chi connectivity index (χ0v) is 15.6. The van der Waals surface area contributed by atoms with Crippen molar-refractivity contribution < 1.29 is 4.79 Å². The van der Waals surface area contributed by atoms with E-state index in [1.54, 1.807) is 4.68 Å². The van der Waals surface area contributed by atoms with Crippen molar-refractivity contribution in [2.75, 3.05) is 18.4 Å². The number of rotatable bonds is 1. The van der Waals surface area contributed by atoms with Gasteiger partial charge in [0.15, 0.2) is 0 Å². The fourth-order valence-corrected chi connectivity index (χ4v) is 4.54. The third-order valence-corrected chi connectivity index (χ3v) is 5.92. The Morgan fingerprint density at radius 3 is 2.67 bits per heavy atom. The fraction of sp³-hybridized carbons (Fsp3) is 0.333. The van der Waals surface area contributed by atoms with Gasteiger partial charge in [0.1, 0.15) is 0 Å². The highest BCUT2D eigenvalue weighted by Gasteiger charge is 2.42. The molecular weight excluding hydrogens is 338 g/mol. The molecular formula is C21H23N5O. The molecule has 6 heteroatoms. The van der Waals surface area contributed by atoms with Crippen molar-refractivity contribution in [3.05, 3.63) is 65.7 Å². The predicted octanol–water partition coefficient (Wildman–Crippen LogP) is 3.08. The van der Waals surface area contributed by atoms with Crippen LogP contribution in [0.2, 0.25) is 0 Å². The summed E-state index contributed by atoms with van der Waals surface area (Å²) in [7, 11) is 1.85. The first kappa shape index (κ1) is 16.2. The Morgan fingerprint density at radius 1 is 1.15 bits per heavy atom. The number of benzene rings is 1. The first-order chi connectivity index (χ1) is 13.1. The number of nitrogens with zero attached hydrogens (tertiary/aromatic N) is 4. The van der Waals surface area contributed by atoms with Gasteiger partial charge >= 0.3 is 0 Å². The molecule has 2 aliphatic rings. The number of aryl methyl sites for hydroxylation is 2. The number of carbonyl (C=O) groups excluding carboxylic acids is 1. The van der Waals surface area contributed by atoms with Gasteiger partial charge in [-0.2, -0.15) is 5.10 Å². The Balaban J connectivity index is 1.42. The lowest BCUT2D eigenvalue weighted by Gasteiger charge is -2.46. The van der Waals surface area contributed by atoms with Gasteiger partial charge in [-0.15, -0.1) is 0 Å². The van der Waals surface area contributed by atoms with E-state index in [4.69, 9.17) is 0 Å². The van der Waals surface area contributed by atoms with E-state index in [0.717, 1.165) is 37.3 Å². The van der Waals surface area contributed by atoms with Gasteiger partial charge in [0.05, 0.1) is 28.2 Å². The Bertz CT molecular complexity index is 1020. The van der Waals surface area contributed by atoms with Crippen LogP contribution in [0.4, 0.5) is 5.69 Å². The molecule has 6 nitrogen and oxygen atoms in total. The molecule has 138 valence electrons. The largest absolute Gasteiger partial charge is 0.372 e. The predicted molar refractivity (Wildman–Crippen MR) is 104 cm³/mol. The van der Waals surface area contributed by atoms with Crippen molar-refractivity contribution in [3.8, 4) is 5.69 Å². The van der Waals surface area contributed by atoms with Crippen LogP contribution < -0.4 is 5.32 Å². The van der Waals surface area contributed by atoms with Crippen LogP contribution in [0.25, 0.3) is 5.69 Å². The van der Waals surface area contributed by atoms with Crippen molar-refractivity contribution in [2.45, 2.75) is 25.3 Å². The third-order valence-electron chi connectivity index (χ3n) is 5.92. The lowest BCUT2D eigenvalue weighted by atomic mass is 9.82. The van der Waals surface area contributed by atoms with Crippen LogP contribution >= 0.6 is 0 Å². The number of fused-ring (bicyclic) bond motifs is 4. The lowest BCUT2D eigenvalue weighted by molar-refractivity contribution is 0.0675. The molecule has 1 amide bonds. The van der Waals surface area contributed by atoms with Crippen LogP contribution in [0.15, 0.2) is 48.8 Å². The molecule has 0 bridgehead atoms. The molecule has 27 heavy (non-hydrogen) atoms. The normalized spacial score (nSPS) is 17.3. The summed E-state index contributed by atoms with van der Waals surface area (Å²) in [5, 5.41) is 8.11. The molecule has 4 heterocycles. The van der Waals surface area contributed by atoms with E-state index in [2.05, 4.69) is 57.6 Å². The second kappa shape index (κ2) is 5.74. The zero-order valence-electron chi connectivity index (χ0n) is 15.6. The first-order valence-electron chi connectivity index (χ1n) is 9.42. The smallest absolute Gasteiger partial charge is 0.257 e. The summed E-state index contributed by atoms with van der Waals surface area (Å²) in [6.07, 6.45) is 5.72. The minimum Gasteiger partial charge on any atom is -0.372 e. The minimum atomic E-state index is -0.126. The van der Waals surface area contributed by atoms with Gasteiger partial charge in [0.25, 0.3) is 5.91 Å². The van der Waals surface area contributed by atoms with E-state index in [0.29, 0.717) is 5.56 Å². The van der Waals surface area contributed by atoms with Gasteiger partial charge in [-0.25, -0.2) is 0 Å². The Hall–Kier alpha value is -3.02. The fourth-order valence-electron chi connectivity index (χ4n) is 4.54. The number of hydrogen-bond acceptors (Lipinski definition) is 3. The number of carbonyl (C=O) groups is 1. The summed E-state index contributed by atoms with van der Waals surface area (Å²) in [6.45, 7) is 3.35. The van der Waals surface area contributed by atoms with Crippen molar-refractivity contribution in [1.29, 1.82) is 0 Å². The summed E-state index contributed by atoms with van der Waals surface area (Å²) in [5.74, 6) is 0.0852. The van der Waals surface area contributed by atoms with Crippen LogP contribution in [0.3, 0.4) is 0 Å². The summed E-state index contributed by atoms with van der Waals surface area (Å²) in [6, 6.07) is 12.7. The number of nitrogens with one attached hydrogen (secondary N) is 1. The molecule has 0 atom stereocenters. The molecule has 1 fully saturated rings. The minimum absolute atomic E-state index is 0.0852. The van der Waals surface area contributed by atoms with Crippen LogP contribution in [0.5, 0.6) is 0 Å². The Labute approximate surface area is 158 Å². The van der Waals surface area contributed by atoms with E-state index in [1.165, 1.54) is 11.4 Å². The van der Waals surface area contributed by atoms with Crippen molar-refractivity contribution in [3.63, 3.8) is 0 Å². The topological polar surface area (TPSA) is 55.1 Å². The highest BCUT2D eigenvalue weighted by molar-refractivity contribution is 5.95. The van der Waals surface area contributed by atoms with E-state index < -0.39 is 0 Å². The molecule has 2 aromatic heterocycles. The van der Waals surface area contributed by atoms with Gasteiger partial charge in [0.2, 0.25) is 0 Å². The van der Waals surface area contributed by atoms with E-state index in [1.807, 2.05) is 25.1 Å². The number of likely N-dealkylation sites (tertiary alicyclic amines) is 1. The highest BCUT2D eigenvalue weighted by atomic mass is 16.2. The number of anilines is 1. The average molecular weight is 361 g/mol. The van der Waals surface area contributed by atoms with Crippen LogP contribution in [-0.4, -0.2) is 38.2 Å². The van der Waals surface area contributed by atoms with Crippen LogP contribution in [0, 0.1) is 6.92 Å². The van der Waals surface area contributed by atoms with Gasteiger partial charge in [-0.3, -0.25) is 9.48 Å². The highest BCUT2D eigenvalue weighted by Crippen LogP contribution is 2.43. The second-order valence-corrected chi connectivity index (χ2v) is 7.58. The van der Waals surface area contributed by atoms with E-state index in [-0.39, 0.29) is 11.4 Å². The lowest BCUT2D eigenvalue weighted by Crippen LogP contribution is -2.51. The van der Waals surface area contributed by atoms with Crippen molar-refractivity contribution in [2.24, 2.45) is 7.05 Å². The maximum atomic E-state index is 12.9. The quantitative estimate of drug-likeness (QED) is 0.725. The molecule has 1 saturated heterocycles. The summed E-state index contributed by atoms with van der Waals surface area (Å²) >= 11 is 0. The SMILES string of the molecule is Cc1nn(C)cc1C(=O)N1CCC2(CC1)Nc1ccccc1-n1cccc12. The molecule has 3 aromatic rings. The van der Waals surface area contributed by atoms with Crippen LogP contribution in [0.1, 0.15) is 34.6 Å². The molecule has 0 aliphatic carbocycles. The second-order valence-electron chi connectivity index (χ2n) is 7.58. The monoisotopic (exact) mass is 361 g/mol. The van der Waals surface area contributed by atoms with Crippen LogP contribution in [-0.2, 0) is 12.6 Å². The first-order valence-corrected chi connectivity index (χ1v) is 9.42. The zero-order chi connectivity index (χ0) is 18.6. The van der Waals surface area contributed by atoms with Gasteiger partial charge in [0, 0.05) is 38.2 Å². The molecule has 2 aliphatic heterocycles. The molecule has 0 radical (unpaired) electrons. The number of aromatic nitrogens is 3. The number of piperidine rings is 1. The van der Waals surface area contributed by atoms with E-state index >= 15 is 0 Å². The van der Waals surface area contributed by atoms with Crippen molar-refractivity contribution >= 4 is 11.6 Å². The summed E-state index contributed by atoms with van der Waals surface area (Å²) in [5.41, 5.74) is 5.00. The standard InChI is InChI=1S/C21H23N5O/c1-15-16(14-24(2)23-15)20(27)25-12-9-21(10-13-25)19-8-5-11-26(19)18-7-4-3-6-17(18)22-21/h3-8,11,14,22H,9-10,12-13H2,1-2H3. The third kappa shape index (κ3) is 2.40. The molecule has 0 unspecified atom stereocenters. The van der Waals surface area contributed by atoms with Gasteiger partial charge in [-0.1, -0.05) is 12.1 Å². The Kier molecular flexibility index (Phi) is 3.44. The maximum Gasteiger partial charge on any atom is 0.257 e. The molecule has 1 N–H and O–H groups in total. The number of para-hydroxylation sites is 2. The van der Waals surface area contributed by atoms with Gasteiger partial charge < -0.3 is 14.8 Å². The molecule has 0 saturated carbocycles. The van der Waals surface area contributed by atoms with Crippen molar-refractivity contribution in [1.82, 2.24) is 19.2 Å². The maximum absolute atomic E-state index is 12.9. The average Bonchev–Trinajstić information content (AvgIpc) is 3.29. The number of amides is 1. The number of hydrogen-bond donors (Lipinski definition) is 1. The summed E-state index contributed by atoms with van der Waals surface area (Å²) < 4.78 is 4.00. The van der Waals surface area contributed by atoms with Gasteiger partial charge in [-0.05, 0) is 44.0 Å². The Morgan fingerprint density at radius 2 is 1.93 bits per heavy atom. The van der Waals surface area contributed by atoms with E-state index in [9.17, 15) is 4.79 Å².